The monoisotopic (exact) mass is 450 g/mol. The molecule has 3 aromatic heterocycles. The summed E-state index contributed by atoms with van der Waals surface area (Å²) >= 11 is 6.57. The molecular formula is C26H25B2ClN4. The molecule has 4 radical (unpaired) electrons. The molecule has 7 heteroatoms. The zero-order chi connectivity index (χ0) is 23.5. The summed E-state index contributed by atoms with van der Waals surface area (Å²) < 4.78 is 0. The van der Waals surface area contributed by atoms with Gasteiger partial charge in [0.05, 0.1) is 26.4 Å². The first-order valence-electron chi connectivity index (χ1n) is 11.3. The third-order valence-electron chi connectivity index (χ3n) is 6.70. The average molecular weight is 451 g/mol. The van der Waals surface area contributed by atoms with E-state index in [0.717, 1.165) is 56.8 Å². The number of anilines is 1. The van der Waals surface area contributed by atoms with E-state index in [1.54, 1.807) is 6.20 Å². The Bertz CT molecular complexity index is 1380. The second kappa shape index (κ2) is 7.95. The molecule has 0 saturated carbocycles. The lowest BCUT2D eigenvalue weighted by Gasteiger charge is -2.48. The van der Waals surface area contributed by atoms with E-state index in [1.807, 2.05) is 25.3 Å². The van der Waals surface area contributed by atoms with Crippen molar-refractivity contribution in [3.8, 4) is 11.3 Å². The molecule has 0 atom stereocenters. The van der Waals surface area contributed by atoms with Crippen LogP contribution in [0.15, 0.2) is 42.7 Å². The fourth-order valence-electron chi connectivity index (χ4n) is 4.97. The lowest BCUT2D eigenvalue weighted by molar-refractivity contribution is 0.642. The Morgan fingerprint density at radius 3 is 2.67 bits per heavy atom. The molecule has 0 spiro atoms. The van der Waals surface area contributed by atoms with Crippen LogP contribution in [-0.2, 0) is 11.8 Å². The first kappa shape index (κ1) is 22.1. The molecule has 0 aliphatic carbocycles. The number of H-pyrrole nitrogens is 1. The molecule has 1 aliphatic rings. The molecule has 162 valence electrons. The molecule has 0 bridgehead atoms. The van der Waals surface area contributed by atoms with Crippen molar-refractivity contribution in [1.82, 2.24) is 15.0 Å². The van der Waals surface area contributed by atoms with Crippen LogP contribution >= 0.6 is 11.6 Å². The van der Waals surface area contributed by atoms with E-state index in [1.165, 1.54) is 5.56 Å². The van der Waals surface area contributed by atoms with Crippen molar-refractivity contribution in [1.29, 1.82) is 0 Å². The van der Waals surface area contributed by atoms with Crippen LogP contribution in [0.4, 0.5) is 5.69 Å². The number of hydrogen-bond donors (Lipinski definition) is 1. The zero-order valence-corrected chi connectivity index (χ0v) is 20.2. The molecular weight excluding hydrogens is 425 g/mol. The quantitative estimate of drug-likeness (QED) is 0.418. The minimum atomic E-state index is -1.17. The molecule has 33 heavy (non-hydrogen) atoms. The molecule has 4 nitrogen and oxygen atoms in total. The minimum Gasteiger partial charge on any atom is -0.378 e. The van der Waals surface area contributed by atoms with Gasteiger partial charge >= 0.3 is 0 Å². The number of aromatic nitrogens is 3. The van der Waals surface area contributed by atoms with Crippen LogP contribution < -0.4 is 4.90 Å². The van der Waals surface area contributed by atoms with Crippen molar-refractivity contribution in [2.24, 2.45) is 0 Å². The Morgan fingerprint density at radius 1 is 1.12 bits per heavy atom. The van der Waals surface area contributed by atoms with Crippen LogP contribution in [0.5, 0.6) is 0 Å². The third kappa shape index (κ3) is 3.56. The molecule has 0 amide bonds. The molecule has 0 fully saturated rings. The summed E-state index contributed by atoms with van der Waals surface area (Å²) in [5.41, 5.74) is 8.76. The van der Waals surface area contributed by atoms with Gasteiger partial charge < -0.3 is 9.88 Å². The Hall–Kier alpha value is -2.72. The maximum absolute atomic E-state index is 6.88. The highest BCUT2D eigenvalue weighted by atomic mass is 35.5. The molecule has 1 N–H and O–H groups in total. The Morgan fingerprint density at radius 2 is 1.91 bits per heavy atom. The normalized spacial score (nSPS) is 15.3. The van der Waals surface area contributed by atoms with Crippen LogP contribution in [0.2, 0.25) is 5.02 Å². The molecule has 5 rings (SSSR count). The summed E-state index contributed by atoms with van der Waals surface area (Å²) in [5.74, 6) is 0.424. The first-order valence-corrected chi connectivity index (χ1v) is 11.6. The molecule has 1 aromatic carbocycles. The number of hydrogen-bond acceptors (Lipinski definition) is 3. The van der Waals surface area contributed by atoms with Gasteiger partial charge in [0.15, 0.2) is 0 Å². The highest BCUT2D eigenvalue weighted by Gasteiger charge is 2.37. The standard InChI is InChI=1S/C26H25B2ClN4/c1-14(2)17-6-5-15(3)22(12-17)33-10-8-20-24(26(33,27)28)16(4)11-21(32-20)23-18-7-9-30-25(18)31-13-19(23)29/h5-7,9,11-14H,8,10H2,1-4H3,(H,30,31). The van der Waals surface area contributed by atoms with Crippen molar-refractivity contribution in [2.45, 2.75) is 45.4 Å². The van der Waals surface area contributed by atoms with Crippen molar-refractivity contribution < 1.29 is 0 Å². The summed E-state index contributed by atoms with van der Waals surface area (Å²) in [5, 5.41) is 0.341. The summed E-state index contributed by atoms with van der Waals surface area (Å²) in [6, 6.07) is 10.5. The largest absolute Gasteiger partial charge is 0.378 e. The number of nitrogens with one attached hydrogen (secondary N) is 1. The van der Waals surface area contributed by atoms with Crippen LogP contribution in [-0.4, -0.2) is 37.2 Å². The topological polar surface area (TPSA) is 44.8 Å². The number of aromatic amines is 1. The molecule has 0 unspecified atom stereocenters. The maximum Gasteiger partial charge on any atom is 0.138 e. The highest BCUT2D eigenvalue weighted by Crippen LogP contribution is 2.41. The average Bonchev–Trinajstić information content (AvgIpc) is 3.22. The summed E-state index contributed by atoms with van der Waals surface area (Å²) in [7, 11) is 13.8. The number of pyridine rings is 2. The van der Waals surface area contributed by atoms with E-state index in [0.29, 0.717) is 17.5 Å². The number of aryl methyl sites for hydroxylation is 2. The van der Waals surface area contributed by atoms with Gasteiger partial charge in [-0.2, -0.15) is 0 Å². The van der Waals surface area contributed by atoms with E-state index < -0.39 is 5.34 Å². The van der Waals surface area contributed by atoms with Gasteiger partial charge in [0.25, 0.3) is 0 Å². The SMILES string of the molecule is [B]C1([B])c2c(C)cc(-c3c(Cl)cnc4[nH]ccc34)nc2CCN1c1cc(C(C)C)ccc1C. The fraction of sp³-hybridized carbons (Fsp3) is 0.308. The van der Waals surface area contributed by atoms with Gasteiger partial charge in [-0.25, -0.2) is 4.98 Å². The van der Waals surface area contributed by atoms with Gasteiger partial charge in [-0.05, 0) is 65.6 Å². The molecule has 4 aromatic rings. The Kier molecular flexibility index (Phi) is 5.32. The van der Waals surface area contributed by atoms with E-state index in [9.17, 15) is 0 Å². The van der Waals surface area contributed by atoms with Crippen molar-refractivity contribution in [2.75, 3.05) is 11.4 Å². The predicted molar refractivity (Wildman–Crippen MR) is 139 cm³/mol. The van der Waals surface area contributed by atoms with Crippen LogP contribution in [0.3, 0.4) is 0 Å². The van der Waals surface area contributed by atoms with E-state index in [-0.39, 0.29) is 0 Å². The summed E-state index contributed by atoms with van der Waals surface area (Å²) in [6.45, 7) is 9.22. The van der Waals surface area contributed by atoms with Crippen LogP contribution in [0.25, 0.3) is 22.3 Å². The van der Waals surface area contributed by atoms with Gasteiger partial charge in [-0.1, -0.05) is 37.6 Å². The third-order valence-corrected chi connectivity index (χ3v) is 6.98. The van der Waals surface area contributed by atoms with E-state index in [4.69, 9.17) is 32.3 Å². The van der Waals surface area contributed by atoms with E-state index >= 15 is 0 Å². The number of rotatable bonds is 3. The van der Waals surface area contributed by atoms with Gasteiger partial charge in [0.2, 0.25) is 0 Å². The fourth-order valence-corrected chi connectivity index (χ4v) is 5.22. The zero-order valence-electron chi connectivity index (χ0n) is 19.4. The van der Waals surface area contributed by atoms with E-state index in [2.05, 4.69) is 53.8 Å². The molecule has 1 aliphatic heterocycles. The first-order chi connectivity index (χ1) is 15.7. The summed E-state index contributed by atoms with van der Waals surface area (Å²) in [4.78, 5) is 14.6. The number of halogens is 1. The predicted octanol–water partition coefficient (Wildman–Crippen LogP) is 5.53. The molecule has 0 saturated heterocycles. The van der Waals surface area contributed by atoms with Crippen LogP contribution in [0.1, 0.15) is 47.7 Å². The number of benzene rings is 1. The lowest BCUT2D eigenvalue weighted by atomic mass is 9.54. The van der Waals surface area contributed by atoms with Gasteiger partial charge in [0.1, 0.15) is 5.65 Å². The van der Waals surface area contributed by atoms with Crippen molar-refractivity contribution in [3.05, 3.63) is 75.7 Å². The second-order valence-corrected chi connectivity index (χ2v) is 9.70. The van der Waals surface area contributed by atoms with Gasteiger partial charge in [0, 0.05) is 47.7 Å². The maximum atomic E-state index is 6.88. The lowest BCUT2D eigenvalue weighted by Crippen LogP contribution is -2.53. The molecule has 4 heterocycles. The van der Waals surface area contributed by atoms with Crippen molar-refractivity contribution in [3.63, 3.8) is 0 Å². The summed E-state index contributed by atoms with van der Waals surface area (Å²) in [6.07, 6.45) is 4.26. The smallest absolute Gasteiger partial charge is 0.138 e. The second-order valence-electron chi connectivity index (χ2n) is 9.29. The minimum absolute atomic E-state index is 0.424. The van der Waals surface area contributed by atoms with Gasteiger partial charge in [-0.15, -0.1) is 0 Å². The van der Waals surface area contributed by atoms with Gasteiger partial charge in [-0.3, -0.25) is 4.98 Å². The number of fused-ring (bicyclic) bond motifs is 2. The Labute approximate surface area is 202 Å². The highest BCUT2D eigenvalue weighted by molar-refractivity contribution is 6.42. The van der Waals surface area contributed by atoms with Crippen LogP contribution in [0, 0.1) is 13.8 Å². The number of nitrogens with zero attached hydrogens (tertiary/aromatic N) is 3. The Balaban J connectivity index is 1.63. The van der Waals surface area contributed by atoms with Crippen molar-refractivity contribution >= 4 is 44.0 Å².